The Morgan fingerprint density at radius 2 is 1.48 bits per heavy atom. The lowest BCUT2D eigenvalue weighted by Crippen LogP contribution is -2.17. The lowest BCUT2D eigenvalue weighted by Gasteiger charge is -2.06. The van der Waals surface area contributed by atoms with Gasteiger partial charge in [-0.25, -0.2) is 5.43 Å². The van der Waals surface area contributed by atoms with Crippen molar-refractivity contribution >= 4 is 22.9 Å². The standard InChI is InChI=1S/C18H14N2O5/c21-14-8-17(24)16(23)7-12(14)9-19-20-18(25)13-5-10-3-1-2-4-11(10)6-15(13)22/h1-9,21-24H,(H,20,25). The minimum atomic E-state index is -0.637. The molecule has 0 unspecified atom stereocenters. The SMILES string of the molecule is O=C(NN=Cc1cc(O)c(O)cc1O)c1cc2ccccc2cc1O. The summed E-state index contributed by atoms with van der Waals surface area (Å²) in [6, 6.07) is 12.3. The van der Waals surface area contributed by atoms with E-state index in [0.29, 0.717) is 0 Å². The van der Waals surface area contributed by atoms with Crippen LogP contribution < -0.4 is 5.43 Å². The first-order valence-electron chi connectivity index (χ1n) is 7.26. The fraction of sp³-hybridized carbons (Fsp3) is 0. The molecule has 1 amide bonds. The Morgan fingerprint density at radius 3 is 2.20 bits per heavy atom. The van der Waals surface area contributed by atoms with Gasteiger partial charge >= 0.3 is 0 Å². The smallest absolute Gasteiger partial charge is 0.275 e. The van der Waals surface area contributed by atoms with E-state index in [1.165, 1.54) is 6.07 Å². The molecule has 0 saturated heterocycles. The third-order valence-corrected chi connectivity index (χ3v) is 3.60. The van der Waals surface area contributed by atoms with E-state index in [2.05, 4.69) is 10.5 Å². The largest absolute Gasteiger partial charge is 0.507 e. The van der Waals surface area contributed by atoms with Crippen molar-refractivity contribution < 1.29 is 25.2 Å². The minimum Gasteiger partial charge on any atom is -0.507 e. The summed E-state index contributed by atoms with van der Waals surface area (Å²) >= 11 is 0. The zero-order chi connectivity index (χ0) is 18.0. The molecule has 0 heterocycles. The molecule has 25 heavy (non-hydrogen) atoms. The fourth-order valence-electron chi connectivity index (χ4n) is 2.32. The summed E-state index contributed by atoms with van der Waals surface area (Å²) in [5, 5.41) is 43.6. The Labute approximate surface area is 142 Å². The summed E-state index contributed by atoms with van der Waals surface area (Å²) < 4.78 is 0. The first kappa shape index (κ1) is 16.1. The number of rotatable bonds is 3. The second-order valence-electron chi connectivity index (χ2n) is 5.32. The van der Waals surface area contributed by atoms with Crippen LogP contribution in [0.5, 0.6) is 23.0 Å². The molecular weight excluding hydrogens is 324 g/mol. The number of nitrogens with one attached hydrogen (secondary N) is 1. The monoisotopic (exact) mass is 338 g/mol. The van der Waals surface area contributed by atoms with Crippen LogP contribution >= 0.6 is 0 Å². The Kier molecular flexibility index (Phi) is 4.13. The van der Waals surface area contributed by atoms with Gasteiger partial charge in [0.15, 0.2) is 11.5 Å². The number of benzene rings is 3. The molecule has 0 aliphatic rings. The molecule has 126 valence electrons. The lowest BCUT2D eigenvalue weighted by atomic mass is 10.1. The molecule has 0 aromatic heterocycles. The van der Waals surface area contributed by atoms with Gasteiger partial charge in [0.1, 0.15) is 11.5 Å². The number of hydrogen-bond donors (Lipinski definition) is 5. The fourth-order valence-corrected chi connectivity index (χ4v) is 2.32. The molecule has 7 nitrogen and oxygen atoms in total. The van der Waals surface area contributed by atoms with Gasteiger partial charge < -0.3 is 20.4 Å². The highest BCUT2D eigenvalue weighted by Gasteiger charge is 2.12. The zero-order valence-electron chi connectivity index (χ0n) is 12.8. The van der Waals surface area contributed by atoms with Crippen LogP contribution in [0.2, 0.25) is 0 Å². The Bertz CT molecular complexity index is 998. The molecule has 0 atom stereocenters. The van der Waals surface area contributed by atoms with E-state index in [-0.39, 0.29) is 22.6 Å². The Hall–Kier alpha value is -3.74. The average Bonchev–Trinajstić information content (AvgIpc) is 2.58. The number of hydrazone groups is 1. The van der Waals surface area contributed by atoms with Crippen molar-refractivity contribution in [3.8, 4) is 23.0 Å². The number of fused-ring (bicyclic) bond motifs is 1. The van der Waals surface area contributed by atoms with Crippen molar-refractivity contribution in [2.45, 2.75) is 0 Å². The third-order valence-electron chi connectivity index (χ3n) is 3.60. The molecule has 0 saturated carbocycles. The Morgan fingerprint density at radius 1 is 0.840 bits per heavy atom. The average molecular weight is 338 g/mol. The summed E-state index contributed by atoms with van der Waals surface area (Å²) in [6.07, 6.45) is 1.10. The zero-order valence-corrected chi connectivity index (χ0v) is 12.8. The number of phenolic OH excluding ortho intramolecular Hbond substituents is 4. The second-order valence-corrected chi connectivity index (χ2v) is 5.32. The van der Waals surface area contributed by atoms with Crippen LogP contribution in [-0.2, 0) is 0 Å². The maximum absolute atomic E-state index is 12.2. The summed E-state index contributed by atoms with van der Waals surface area (Å²) in [5.41, 5.74) is 2.37. The van der Waals surface area contributed by atoms with E-state index >= 15 is 0 Å². The molecule has 3 rings (SSSR count). The lowest BCUT2D eigenvalue weighted by molar-refractivity contribution is 0.0952. The summed E-state index contributed by atoms with van der Waals surface area (Å²) in [4.78, 5) is 12.2. The summed E-state index contributed by atoms with van der Waals surface area (Å²) in [6.45, 7) is 0. The number of hydrogen-bond acceptors (Lipinski definition) is 6. The van der Waals surface area contributed by atoms with Crippen molar-refractivity contribution in [2.24, 2.45) is 5.10 Å². The van der Waals surface area contributed by atoms with E-state index in [4.69, 9.17) is 0 Å². The quantitative estimate of drug-likeness (QED) is 0.217. The van der Waals surface area contributed by atoms with E-state index in [9.17, 15) is 25.2 Å². The van der Waals surface area contributed by atoms with Crippen LogP contribution in [0.1, 0.15) is 15.9 Å². The highest BCUT2D eigenvalue weighted by molar-refractivity contribution is 6.01. The molecule has 0 radical (unpaired) electrons. The maximum atomic E-state index is 12.2. The molecule has 7 heteroatoms. The van der Waals surface area contributed by atoms with Gasteiger partial charge in [0.25, 0.3) is 5.91 Å². The summed E-state index contributed by atoms with van der Waals surface area (Å²) in [7, 11) is 0. The number of amides is 1. The molecule has 5 N–H and O–H groups in total. The van der Waals surface area contributed by atoms with Crippen LogP contribution in [0.15, 0.2) is 53.6 Å². The highest BCUT2D eigenvalue weighted by Crippen LogP contribution is 2.31. The number of nitrogens with zero attached hydrogens (tertiary/aromatic N) is 1. The number of phenols is 4. The minimum absolute atomic E-state index is 0.0497. The second kappa shape index (κ2) is 6.40. The summed E-state index contributed by atoms with van der Waals surface area (Å²) in [5.74, 6) is -2.04. The van der Waals surface area contributed by atoms with Gasteiger partial charge in [0.2, 0.25) is 0 Å². The molecule has 3 aromatic rings. The molecule has 0 fully saturated rings. The maximum Gasteiger partial charge on any atom is 0.275 e. The van der Waals surface area contributed by atoms with Gasteiger partial charge in [-0.3, -0.25) is 4.79 Å². The van der Waals surface area contributed by atoms with Crippen molar-refractivity contribution in [3.05, 3.63) is 59.7 Å². The molecule has 0 aliphatic carbocycles. The van der Waals surface area contributed by atoms with Gasteiger partial charge in [0.05, 0.1) is 11.8 Å². The molecule has 0 aliphatic heterocycles. The first-order chi connectivity index (χ1) is 12.0. The van der Waals surface area contributed by atoms with Gasteiger partial charge in [0, 0.05) is 11.6 Å². The predicted octanol–water partition coefficient (Wildman–Crippen LogP) is 2.43. The van der Waals surface area contributed by atoms with Crippen molar-refractivity contribution in [3.63, 3.8) is 0 Å². The molecule has 0 bridgehead atoms. The Balaban J connectivity index is 1.81. The predicted molar refractivity (Wildman–Crippen MR) is 92.1 cm³/mol. The normalized spacial score (nSPS) is 11.0. The molecular formula is C18H14N2O5. The van der Waals surface area contributed by atoms with Gasteiger partial charge in [-0.15, -0.1) is 0 Å². The van der Waals surface area contributed by atoms with Gasteiger partial charge in [-0.1, -0.05) is 24.3 Å². The van der Waals surface area contributed by atoms with Crippen LogP contribution in [0.25, 0.3) is 10.8 Å². The van der Waals surface area contributed by atoms with E-state index < -0.39 is 17.4 Å². The van der Waals surface area contributed by atoms with E-state index in [1.54, 1.807) is 6.07 Å². The third kappa shape index (κ3) is 3.30. The van der Waals surface area contributed by atoms with Crippen molar-refractivity contribution in [2.75, 3.05) is 0 Å². The van der Waals surface area contributed by atoms with Gasteiger partial charge in [-0.05, 0) is 29.0 Å². The molecule has 0 spiro atoms. The number of carbonyl (C=O) groups excluding carboxylic acids is 1. The van der Waals surface area contributed by atoms with Crippen LogP contribution in [0.3, 0.4) is 0 Å². The highest BCUT2D eigenvalue weighted by atomic mass is 16.3. The van der Waals surface area contributed by atoms with Crippen LogP contribution in [0, 0.1) is 0 Å². The number of aromatic hydroxyl groups is 4. The first-order valence-corrected chi connectivity index (χ1v) is 7.26. The van der Waals surface area contributed by atoms with Crippen molar-refractivity contribution in [1.29, 1.82) is 0 Å². The van der Waals surface area contributed by atoms with Crippen LogP contribution in [-0.4, -0.2) is 32.5 Å². The number of carbonyl (C=O) groups is 1. The van der Waals surface area contributed by atoms with Crippen molar-refractivity contribution in [1.82, 2.24) is 5.43 Å². The van der Waals surface area contributed by atoms with E-state index in [0.717, 1.165) is 29.1 Å². The van der Waals surface area contributed by atoms with E-state index in [1.807, 2.05) is 24.3 Å². The topological polar surface area (TPSA) is 122 Å². The molecule has 3 aromatic carbocycles. The van der Waals surface area contributed by atoms with Gasteiger partial charge in [-0.2, -0.15) is 5.10 Å². The van der Waals surface area contributed by atoms with Crippen LogP contribution in [0.4, 0.5) is 0 Å².